The number of nitrogens with zero attached hydrogens (tertiary/aromatic N) is 2. The van der Waals surface area contributed by atoms with E-state index >= 15 is 0 Å². The van der Waals surface area contributed by atoms with E-state index in [0.717, 1.165) is 0 Å². The van der Waals surface area contributed by atoms with Crippen molar-refractivity contribution in [2.45, 2.75) is 32.9 Å². The molecule has 0 radical (unpaired) electrons. The van der Waals surface area contributed by atoms with Gasteiger partial charge in [-0.3, -0.25) is 14.4 Å². The summed E-state index contributed by atoms with van der Waals surface area (Å²) in [5.41, 5.74) is 0.961. The number of benzene rings is 2. The first-order chi connectivity index (χ1) is 16.3. The summed E-state index contributed by atoms with van der Waals surface area (Å²) in [5, 5.41) is 2.89. The lowest BCUT2D eigenvalue weighted by Crippen LogP contribution is -2.59. The summed E-state index contributed by atoms with van der Waals surface area (Å²) >= 11 is 0. The van der Waals surface area contributed by atoms with Crippen molar-refractivity contribution in [3.8, 4) is 11.5 Å². The highest BCUT2D eigenvalue weighted by Crippen LogP contribution is 2.25. The van der Waals surface area contributed by atoms with Gasteiger partial charge in [0.1, 0.15) is 17.5 Å². The predicted molar refractivity (Wildman–Crippen MR) is 129 cm³/mol. The Morgan fingerprint density at radius 3 is 2.29 bits per heavy atom. The molecule has 1 aliphatic rings. The summed E-state index contributed by atoms with van der Waals surface area (Å²) in [5.74, 6) is 0.225. The number of ether oxygens (including phenoxy) is 2. The van der Waals surface area contributed by atoms with Gasteiger partial charge in [0, 0.05) is 37.3 Å². The number of rotatable bonds is 7. The second-order valence-electron chi connectivity index (χ2n) is 8.76. The lowest BCUT2D eigenvalue weighted by Gasteiger charge is -2.41. The van der Waals surface area contributed by atoms with Gasteiger partial charge in [-0.2, -0.15) is 0 Å². The summed E-state index contributed by atoms with van der Waals surface area (Å²) in [6, 6.07) is 13.2. The summed E-state index contributed by atoms with van der Waals surface area (Å²) in [4.78, 5) is 42.9. The fraction of sp³-hybridized carbons (Fsp3) is 0.423. The van der Waals surface area contributed by atoms with Gasteiger partial charge >= 0.3 is 0 Å². The number of carbonyl (C=O) groups is 3. The zero-order valence-electron chi connectivity index (χ0n) is 20.4. The number of amides is 3. The summed E-state index contributed by atoms with van der Waals surface area (Å²) in [6.45, 7) is 6.98. The Kier molecular flexibility index (Phi) is 8.15. The molecule has 0 aliphatic carbocycles. The lowest BCUT2D eigenvalue weighted by molar-refractivity contribution is -0.136. The number of hydrogen-bond acceptors (Lipinski definition) is 5. The second-order valence-corrected chi connectivity index (χ2v) is 8.76. The number of nitrogens with one attached hydrogen (secondary N) is 1. The molecule has 3 rings (SSSR count). The molecule has 1 fully saturated rings. The van der Waals surface area contributed by atoms with Crippen LogP contribution in [0.15, 0.2) is 48.5 Å². The standard InChI is InChI=1S/C26H33N3O5/c1-17(2)23(27-24(30)21-12-11-20(33-4)15-22(21)34-5)26(32)28-13-14-29(18(3)16-28)25(31)19-9-7-6-8-10-19/h6-12,15,17-18,23H,13-14,16H2,1-5H3,(H,27,30). The first-order valence-electron chi connectivity index (χ1n) is 11.4. The average molecular weight is 468 g/mol. The molecule has 1 heterocycles. The average Bonchev–Trinajstić information content (AvgIpc) is 2.86. The quantitative estimate of drug-likeness (QED) is 0.677. The normalized spacial score (nSPS) is 16.7. The van der Waals surface area contributed by atoms with Gasteiger partial charge < -0.3 is 24.6 Å². The number of hydrogen-bond donors (Lipinski definition) is 1. The van der Waals surface area contributed by atoms with Crippen molar-refractivity contribution < 1.29 is 23.9 Å². The van der Waals surface area contributed by atoms with E-state index < -0.39 is 11.9 Å². The molecule has 1 N–H and O–H groups in total. The smallest absolute Gasteiger partial charge is 0.255 e. The molecule has 1 aliphatic heterocycles. The van der Waals surface area contributed by atoms with Crippen molar-refractivity contribution in [3.63, 3.8) is 0 Å². The summed E-state index contributed by atoms with van der Waals surface area (Å²) in [6.07, 6.45) is 0. The van der Waals surface area contributed by atoms with Crippen molar-refractivity contribution >= 4 is 17.7 Å². The SMILES string of the molecule is COc1ccc(C(=O)NC(C(=O)N2CCN(C(=O)c3ccccc3)C(C)C2)C(C)C)c(OC)c1. The predicted octanol–water partition coefficient (Wildman–Crippen LogP) is 2.83. The van der Waals surface area contributed by atoms with E-state index in [2.05, 4.69) is 5.32 Å². The topological polar surface area (TPSA) is 88.2 Å². The Bertz CT molecular complexity index is 1020. The minimum Gasteiger partial charge on any atom is -0.497 e. The van der Waals surface area contributed by atoms with Gasteiger partial charge in [0.15, 0.2) is 0 Å². The molecular weight excluding hydrogens is 434 g/mol. The van der Waals surface area contributed by atoms with Crippen LogP contribution in [-0.4, -0.2) is 73.5 Å². The van der Waals surface area contributed by atoms with Crippen LogP contribution in [0.4, 0.5) is 0 Å². The number of piperazine rings is 1. The number of methoxy groups -OCH3 is 2. The van der Waals surface area contributed by atoms with Gasteiger partial charge in [0.25, 0.3) is 11.8 Å². The van der Waals surface area contributed by atoms with Crippen LogP contribution in [0.2, 0.25) is 0 Å². The minimum absolute atomic E-state index is 0.0412. The van der Waals surface area contributed by atoms with Crippen molar-refractivity contribution in [2.24, 2.45) is 5.92 Å². The van der Waals surface area contributed by atoms with Gasteiger partial charge in [-0.1, -0.05) is 32.0 Å². The Morgan fingerprint density at radius 2 is 1.71 bits per heavy atom. The van der Waals surface area contributed by atoms with Gasteiger partial charge in [-0.05, 0) is 37.1 Å². The molecule has 0 aromatic heterocycles. The second kappa shape index (κ2) is 11.0. The molecule has 0 saturated carbocycles. The highest BCUT2D eigenvalue weighted by Gasteiger charge is 2.35. The van der Waals surface area contributed by atoms with E-state index in [1.165, 1.54) is 14.2 Å². The number of carbonyl (C=O) groups excluding carboxylic acids is 3. The molecule has 8 heteroatoms. The molecule has 2 aromatic rings. The van der Waals surface area contributed by atoms with Gasteiger partial charge in [0.2, 0.25) is 5.91 Å². The van der Waals surface area contributed by atoms with E-state index in [1.807, 2.05) is 39.0 Å². The van der Waals surface area contributed by atoms with Crippen LogP contribution in [-0.2, 0) is 4.79 Å². The molecule has 8 nitrogen and oxygen atoms in total. The van der Waals surface area contributed by atoms with Crippen molar-refractivity contribution in [2.75, 3.05) is 33.9 Å². The van der Waals surface area contributed by atoms with E-state index in [9.17, 15) is 14.4 Å². The van der Waals surface area contributed by atoms with Gasteiger partial charge in [-0.15, -0.1) is 0 Å². The van der Waals surface area contributed by atoms with Crippen LogP contribution in [0.5, 0.6) is 11.5 Å². The van der Waals surface area contributed by atoms with Crippen molar-refractivity contribution in [1.29, 1.82) is 0 Å². The van der Waals surface area contributed by atoms with Gasteiger partial charge in [0.05, 0.1) is 19.8 Å². The molecule has 2 atom stereocenters. The highest BCUT2D eigenvalue weighted by molar-refractivity contribution is 6.00. The maximum atomic E-state index is 13.4. The summed E-state index contributed by atoms with van der Waals surface area (Å²) < 4.78 is 10.5. The van der Waals surface area contributed by atoms with Crippen LogP contribution in [0.1, 0.15) is 41.5 Å². The zero-order valence-corrected chi connectivity index (χ0v) is 20.4. The molecular formula is C26H33N3O5. The van der Waals surface area contributed by atoms with E-state index in [-0.39, 0.29) is 23.8 Å². The fourth-order valence-electron chi connectivity index (χ4n) is 4.12. The van der Waals surface area contributed by atoms with Crippen molar-refractivity contribution in [3.05, 3.63) is 59.7 Å². The van der Waals surface area contributed by atoms with E-state index in [1.54, 1.807) is 40.1 Å². The molecule has 2 aromatic carbocycles. The van der Waals surface area contributed by atoms with Crippen LogP contribution >= 0.6 is 0 Å². The first-order valence-corrected chi connectivity index (χ1v) is 11.4. The van der Waals surface area contributed by atoms with Crippen molar-refractivity contribution in [1.82, 2.24) is 15.1 Å². The third-order valence-corrected chi connectivity index (χ3v) is 6.09. The molecule has 3 amide bonds. The maximum absolute atomic E-state index is 13.4. The molecule has 0 bridgehead atoms. The van der Waals surface area contributed by atoms with Gasteiger partial charge in [-0.25, -0.2) is 0 Å². The Labute approximate surface area is 200 Å². The molecule has 0 spiro atoms. The fourth-order valence-corrected chi connectivity index (χ4v) is 4.12. The Morgan fingerprint density at radius 1 is 1.00 bits per heavy atom. The zero-order chi connectivity index (χ0) is 24.8. The van der Waals surface area contributed by atoms with Crippen LogP contribution < -0.4 is 14.8 Å². The molecule has 182 valence electrons. The maximum Gasteiger partial charge on any atom is 0.255 e. The first kappa shape index (κ1) is 25.1. The van der Waals surface area contributed by atoms with E-state index in [4.69, 9.17) is 9.47 Å². The molecule has 34 heavy (non-hydrogen) atoms. The van der Waals surface area contributed by atoms with Crippen LogP contribution in [0, 0.1) is 5.92 Å². The van der Waals surface area contributed by atoms with Crippen LogP contribution in [0.3, 0.4) is 0 Å². The lowest BCUT2D eigenvalue weighted by atomic mass is 10.0. The third-order valence-electron chi connectivity index (χ3n) is 6.09. The van der Waals surface area contributed by atoms with E-state index in [0.29, 0.717) is 42.3 Å². The monoisotopic (exact) mass is 467 g/mol. The van der Waals surface area contributed by atoms with Crippen LogP contribution in [0.25, 0.3) is 0 Å². The largest absolute Gasteiger partial charge is 0.497 e. The molecule has 1 saturated heterocycles. The Balaban J connectivity index is 1.70. The summed E-state index contributed by atoms with van der Waals surface area (Å²) in [7, 11) is 3.02. The highest BCUT2D eigenvalue weighted by atomic mass is 16.5. The molecule has 2 unspecified atom stereocenters. The minimum atomic E-state index is -0.706. The Hall–Kier alpha value is -3.55. The third kappa shape index (κ3) is 5.50.